The van der Waals surface area contributed by atoms with Crippen molar-refractivity contribution in [1.82, 2.24) is 9.55 Å². The number of hydrogen-bond donors (Lipinski definition) is 0. The second-order valence-corrected chi connectivity index (χ2v) is 3.75. The highest BCUT2D eigenvalue weighted by molar-refractivity contribution is 6.01. The van der Waals surface area contributed by atoms with Crippen molar-refractivity contribution in [2.75, 3.05) is 20.3 Å². The lowest BCUT2D eigenvalue weighted by Gasteiger charge is -2.22. The van der Waals surface area contributed by atoms with E-state index in [0.29, 0.717) is 25.3 Å². The van der Waals surface area contributed by atoms with Crippen LogP contribution in [-0.2, 0) is 16.5 Å². The predicted molar refractivity (Wildman–Crippen MR) is 52.7 cm³/mol. The Morgan fingerprint density at radius 3 is 3.00 bits per heavy atom. The van der Waals surface area contributed by atoms with Gasteiger partial charge in [0.2, 0.25) is 5.78 Å². The van der Waals surface area contributed by atoms with Gasteiger partial charge in [0.1, 0.15) is 5.69 Å². The average molecular weight is 210 g/mol. The lowest BCUT2D eigenvalue weighted by atomic mass is 9.95. The molecule has 0 radical (unpaired) electrons. The lowest BCUT2D eigenvalue weighted by molar-refractivity contribution is -0.00374. The molecular weight excluding hydrogens is 196 g/mol. The number of methoxy groups -OCH3 is 1. The van der Waals surface area contributed by atoms with Gasteiger partial charge in [-0.15, -0.1) is 0 Å². The fourth-order valence-corrected chi connectivity index (χ4v) is 1.74. The van der Waals surface area contributed by atoms with Gasteiger partial charge in [0.15, 0.2) is 5.60 Å². The summed E-state index contributed by atoms with van der Waals surface area (Å²) in [4.78, 5) is 16.2. The molecule has 2 rings (SSSR count). The SMILES string of the molecule is COC1(C(=O)c2cn(C)cn2)CCOC1. The van der Waals surface area contributed by atoms with E-state index in [-0.39, 0.29) is 5.78 Å². The maximum atomic E-state index is 12.1. The number of aromatic nitrogens is 2. The van der Waals surface area contributed by atoms with E-state index in [0.717, 1.165) is 0 Å². The maximum absolute atomic E-state index is 12.1. The molecule has 2 heterocycles. The van der Waals surface area contributed by atoms with Gasteiger partial charge in [-0.2, -0.15) is 0 Å². The Balaban J connectivity index is 2.26. The number of rotatable bonds is 3. The molecule has 1 aliphatic rings. The van der Waals surface area contributed by atoms with E-state index < -0.39 is 5.60 Å². The zero-order chi connectivity index (χ0) is 10.9. The highest BCUT2D eigenvalue weighted by Crippen LogP contribution is 2.26. The Morgan fingerprint density at radius 1 is 1.73 bits per heavy atom. The van der Waals surface area contributed by atoms with Crippen molar-refractivity contribution in [3.63, 3.8) is 0 Å². The minimum atomic E-state index is -0.825. The molecular formula is C10H14N2O3. The molecule has 82 valence electrons. The van der Waals surface area contributed by atoms with Crippen LogP contribution in [0.5, 0.6) is 0 Å². The molecule has 1 fully saturated rings. The first kappa shape index (κ1) is 10.3. The van der Waals surface area contributed by atoms with Gasteiger partial charge in [-0.3, -0.25) is 4.79 Å². The van der Waals surface area contributed by atoms with Crippen LogP contribution in [0.3, 0.4) is 0 Å². The first-order valence-corrected chi connectivity index (χ1v) is 4.84. The number of ether oxygens (including phenoxy) is 2. The molecule has 0 aliphatic carbocycles. The quantitative estimate of drug-likeness (QED) is 0.678. The summed E-state index contributed by atoms with van der Waals surface area (Å²) in [6, 6.07) is 0. The number of hydrogen-bond acceptors (Lipinski definition) is 4. The molecule has 0 saturated carbocycles. The second kappa shape index (κ2) is 3.75. The second-order valence-electron chi connectivity index (χ2n) is 3.75. The molecule has 0 N–H and O–H groups in total. The summed E-state index contributed by atoms with van der Waals surface area (Å²) in [5.41, 5.74) is -0.390. The number of imidazole rings is 1. The molecule has 1 aromatic rings. The van der Waals surface area contributed by atoms with E-state index in [1.807, 2.05) is 7.05 Å². The van der Waals surface area contributed by atoms with Crippen LogP contribution < -0.4 is 0 Å². The molecule has 0 aromatic carbocycles. The van der Waals surface area contributed by atoms with E-state index >= 15 is 0 Å². The zero-order valence-corrected chi connectivity index (χ0v) is 8.90. The van der Waals surface area contributed by atoms with Gasteiger partial charge >= 0.3 is 0 Å². The van der Waals surface area contributed by atoms with Crippen molar-refractivity contribution >= 4 is 5.78 Å². The maximum Gasteiger partial charge on any atom is 0.216 e. The molecule has 0 bridgehead atoms. The van der Waals surface area contributed by atoms with Gasteiger partial charge in [0.05, 0.1) is 19.5 Å². The van der Waals surface area contributed by atoms with Crippen LogP contribution in [0.15, 0.2) is 12.5 Å². The molecule has 1 unspecified atom stereocenters. The van der Waals surface area contributed by atoms with Crippen molar-refractivity contribution in [3.05, 3.63) is 18.2 Å². The number of nitrogens with zero attached hydrogens (tertiary/aromatic N) is 2. The Hall–Kier alpha value is -1.20. The van der Waals surface area contributed by atoms with Gasteiger partial charge in [-0.25, -0.2) is 4.98 Å². The summed E-state index contributed by atoms with van der Waals surface area (Å²) >= 11 is 0. The zero-order valence-electron chi connectivity index (χ0n) is 8.90. The Morgan fingerprint density at radius 2 is 2.53 bits per heavy atom. The summed E-state index contributed by atoms with van der Waals surface area (Å²) in [7, 11) is 3.37. The minimum Gasteiger partial charge on any atom is -0.378 e. The van der Waals surface area contributed by atoms with Gasteiger partial charge < -0.3 is 14.0 Å². The van der Waals surface area contributed by atoms with Gasteiger partial charge in [-0.1, -0.05) is 0 Å². The van der Waals surface area contributed by atoms with Crippen molar-refractivity contribution in [2.45, 2.75) is 12.0 Å². The smallest absolute Gasteiger partial charge is 0.216 e. The van der Waals surface area contributed by atoms with Crippen molar-refractivity contribution < 1.29 is 14.3 Å². The molecule has 5 heteroatoms. The summed E-state index contributed by atoms with van der Waals surface area (Å²) in [5.74, 6) is -0.0944. The van der Waals surface area contributed by atoms with Crippen molar-refractivity contribution in [2.24, 2.45) is 7.05 Å². The van der Waals surface area contributed by atoms with Crippen LogP contribution in [0, 0.1) is 0 Å². The van der Waals surface area contributed by atoms with Crippen LogP contribution in [0.1, 0.15) is 16.9 Å². The largest absolute Gasteiger partial charge is 0.378 e. The topological polar surface area (TPSA) is 53.4 Å². The summed E-state index contributed by atoms with van der Waals surface area (Å²) in [6.45, 7) is 0.880. The third kappa shape index (κ3) is 1.68. The Kier molecular flexibility index (Phi) is 2.58. The van der Waals surface area contributed by atoms with Gasteiger partial charge in [0.25, 0.3) is 0 Å². The van der Waals surface area contributed by atoms with Gasteiger partial charge in [-0.05, 0) is 0 Å². The normalized spacial score (nSPS) is 25.7. The third-order valence-corrected chi connectivity index (χ3v) is 2.73. The Labute approximate surface area is 88.0 Å². The van der Waals surface area contributed by atoms with Gasteiger partial charge in [0, 0.05) is 26.8 Å². The summed E-state index contributed by atoms with van der Waals surface area (Å²) in [5, 5.41) is 0. The average Bonchev–Trinajstić information content (AvgIpc) is 2.86. The molecule has 15 heavy (non-hydrogen) atoms. The predicted octanol–water partition coefficient (Wildman–Crippen LogP) is 0.408. The number of aryl methyl sites for hydroxylation is 1. The standard InChI is InChI=1S/C10H14N2O3/c1-12-5-8(11-7-12)9(13)10(14-2)3-4-15-6-10/h5,7H,3-4,6H2,1-2H3. The number of ketones is 1. The Bertz CT molecular complexity index is 366. The van der Waals surface area contributed by atoms with E-state index in [1.165, 1.54) is 7.11 Å². The van der Waals surface area contributed by atoms with E-state index in [4.69, 9.17) is 9.47 Å². The summed E-state index contributed by atoms with van der Waals surface area (Å²) in [6.07, 6.45) is 3.90. The minimum absolute atomic E-state index is 0.0944. The number of carbonyl (C=O) groups is 1. The first-order valence-electron chi connectivity index (χ1n) is 4.84. The number of Topliss-reactive ketones (excluding diaryl/α,β-unsaturated/α-hetero) is 1. The van der Waals surface area contributed by atoms with E-state index in [2.05, 4.69) is 4.98 Å². The van der Waals surface area contributed by atoms with Crippen LogP contribution in [0.25, 0.3) is 0 Å². The molecule has 1 aromatic heterocycles. The van der Waals surface area contributed by atoms with Crippen molar-refractivity contribution in [1.29, 1.82) is 0 Å². The molecule has 0 amide bonds. The lowest BCUT2D eigenvalue weighted by Crippen LogP contribution is -2.41. The number of carbonyl (C=O) groups excluding carboxylic acids is 1. The fraction of sp³-hybridized carbons (Fsp3) is 0.600. The van der Waals surface area contributed by atoms with E-state index in [9.17, 15) is 4.79 Å². The van der Waals surface area contributed by atoms with Crippen molar-refractivity contribution in [3.8, 4) is 0 Å². The molecule has 1 saturated heterocycles. The molecule has 0 spiro atoms. The van der Waals surface area contributed by atoms with Crippen LogP contribution in [0.2, 0.25) is 0 Å². The molecule has 1 atom stereocenters. The highest BCUT2D eigenvalue weighted by atomic mass is 16.6. The highest BCUT2D eigenvalue weighted by Gasteiger charge is 2.43. The molecule has 5 nitrogen and oxygen atoms in total. The monoisotopic (exact) mass is 210 g/mol. The summed E-state index contributed by atoms with van der Waals surface area (Å²) < 4.78 is 12.3. The van der Waals surface area contributed by atoms with Crippen LogP contribution in [-0.4, -0.2) is 41.3 Å². The van der Waals surface area contributed by atoms with E-state index in [1.54, 1.807) is 17.1 Å². The first-order chi connectivity index (χ1) is 7.18. The van der Waals surface area contributed by atoms with Crippen LogP contribution in [0.4, 0.5) is 0 Å². The molecule has 1 aliphatic heterocycles. The fourth-order valence-electron chi connectivity index (χ4n) is 1.74. The van der Waals surface area contributed by atoms with Crippen LogP contribution >= 0.6 is 0 Å². The third-order valence-electron chi connectivity index (χ3n) is 2.73.